The number of benzene rings is 1. The van der Waals surface area contributed by atoms with Crippen molar-refractivity contribution in [2.24, 2.45) is 0 Å². The van der Waals surface area contributed by atoms with Gasteiger partial charge in [-0.3, -0.25) is 0 Å². The topological polar surface area (TPSA) is 35.2 Å². The molecule has 2 N–H and O–H groups in total. The van der Waals surface area contributed by atoms with Gasteiger partial charge >= 0.3 is 0 Å². The first-order chi connectivity index (χ1) is 7.34. The molecule has 82 valence electrons. The van der Waals surface area contributed by atoms with Crippen LogP contribution in [0.1, 0.15) is 25.7 Å². The van der Waals surface area contributed by atoms with Crippen molar-refractivity contribution in [3.63, 3.8) is 0 Å². The SMILES string of the molecule is C=CCCCCCOc1ccccc1N. The molecule has 0 aromatic heterocycles. The maximum Gasteiger partial charge on any atom is 0.142 e. The highest BCUT2D eigenvalue weighted by Crippen LogP contribution is 2.19. The monoisotopic (exact) mass is 205 g/mol. The number of unbranched alkanes of at least 4 members (excludes halogenated alkanes) is 3. The summed E-state index contributed by atoms with van der Waals surface area (Å²) in [6.07, 6.45) is 6.49. The van der Waals surface area contributed by atoms with Crippen LogP contribution in [-0.2, 0) is 0 Å². The van der Waals surface area contributed by atoms with Crippen molar-refractivity contribution in [1.29, 1.82) is 0 Å². The van der Waals surface area contributed by atoms with Gasteiger partial charge in [-0.25, -0.2) is 0 Å². The summed E-state index contributed by atoms with van der Waals surface area (Å²) in [5.41, 5.74) is 6.46. The van der Waals surface area contributed by atoms with E-state index in [0.29, 0.717) is 5.69 Å². The Morgan fingerprint density at radius 3 is 2.73 bits per heavy atom. The Morgan fingerprint density at radius 2 is 2.00 bits per heavy atom. The van der Waals surface area contributed by atoms with Gasteiger partial charge in [-0.1, -0.05) is 18.2 Å². The van der Waals surface area contributed by atoms with E-state index in [4.69, 9.17) is 10.5 Å². The van der Waals surface area contributed by atoms with Gasteiger partial charge in [0.15, 0.2) is 0 Å². The molecule has 0 bridgehead atoms. The largest absolute Gasteiger partial charge is 0.491 e. The molecule has 0 radical (unpaired) electrons. The second-order valence-electron chi connectivity index (χ2n) is 3.52. The van der Waals surface area contributed by atoms with E-state index in [-0.39, 0.29) is 0 Å². The minimum Gasteiger partial charge on any atom is -0.491 e. The van der Waals surface area contributed by atoms with E-state index >= 15 is 0 Å². The van der Waals surface area contributed by atoms with Gasteiger partial charge in [0, 0.05) is 0 Å². The lowest BCUT2D eigenvalue weighted by molar-refractivity contribution is 0.307. The summed E-state index contributed by atoms with van der Waals surface area (Å²) in [4.78, 5) is 0. The molecule has 0 aliphatic rings. The first-order valence-electron chi connectivity index (χ1n) is 5.43. The van der Waals surface area contributed by atoms with Crippen LogP contribution in [0.15, 0.2) is 36.9 Å². The molecule has 0 aliphatic carbocycles. The first-order valence-corrected chi connectivity index (χ1v) is 5.43. The third kappa shape index (κ3) is 4.54. The Morgan fingerprint density at radius 1 is 1.20 bits per heavy atom. The fourth-order valence-electron chi connectivity index (χ4n) is 1.36. The molecule has 0 amide bonds. The molecule has 0 fully saturated rings. The Labute approximate surface area is 91.7 Å². The maximum absolute atomic E-state index is 5.74. The summed E-state index contributed by atoms with van der Waals surface area (Å²) >= 11 is 0. The van der Waals surface area contributed by atoms with Crippen LogP contribution < -0.4 is 10.5 Å². The number of hydrogen-bond acceptors (Lipinski definition) is 2. The van der Waals surface area contributed by atoms with Gasteiger partial charge in [0.05, 0.1) is 12.3 Å². The molecule has 0 saturated carbocycles. The van der Waals surface area contributed by atoms with Crippen molar-refractivity contribution in [2.45, 2.75) is 25.7 Å². The molecule has 15 heavy (non-hydrogen) atoms. The highest BCUT2D eigenvalue weighted by Gasteiger charge is 1.97. The fourth-order valence-corrected chi connectivity index (χ4v) is 1.36. The molecular weight excluding hydrogens is 186 g/mol. The number of nitrogens with two attached hydrogens (primary N) is 1. The van der Waals surface area contributed by atoms with Crippen LogP contribution in [0.5, 0.6) is 5.75 Å². The van der Waals surface area contributed by atoms with Crippen LogP contribution in [0.2, 0.25) is 0 Å². The second kappa shape index (κ2) is 6.93. The highest BCUT2D eigenvalue weighted by molar-refractivity contribution is 5.51. The molecule has 1 aromatic carbocycles. The number of nitrogen functional groups attached to an aromatic ring is 1. The third-order valence-electron chi connectivity index (χ3n) is 2.23. The average Bonchev–Trinajstić information content (AvgIpc) is 2.25. The zero-order chi connectivity index (χ0) is 10.9. The minimum atomic E-state index is 0.712. The molecule has 2 heteroatoms. The van der Waals surface area contributed by atoms with Crippen LogP contribution in [0.25, 0.3) is 0 Å². The van der Waals surface area contributed by atoms with Gasteiger partial charge in [0.1, 0.15) is 5.75 Å². The fraction of sp³-hybridized carbons (Fsp3) is 0.385. The van der Waals surface area contributed by atoms with E-state index in [9.17, 15) is 0 Å². The van der Waals surface area contributed by atoms with Gasteiger partial charge in [-0.2, -0.15) is 0 Å². The van der Waals surface area contributed by atoms with Crippen LogP contribution >= 0.6 is 0 Å². The Bertz CT molecular complexity index is 296. The molecule has 0 atom stereocenters. The van der Waals surface area contributed by atoms with Crippen molar-refractivity contribution >= 4 is 5.69 Å². The minimum absolute atomic E-state index is 0.712. The molecular formula is C13H19NO. The van der Waals surface area contributed by atoms with E-state index in [1.165, 1.54) is 12.8 Å². The van der Waals surface area contributed by atoms with Crippen molar-refractivity contribution in [3.8, 4) is 5.75 Å². The van der Waals surface area contributed by atoms with Crippen molar-refractivity contribution < 1.29 is 4.74 Å². The number of ether oxygens (including phenoxy) is 1. The lowest BCUT2D eigenvalue weighted by atomic mass is 10.2. The predicted molar refractivity (Wildman–Crippen MR) is 65.0 cm³/mol. The smallest absolute Gasteiger partial charge is 0.142 e. The van der Waals surface area contributed by atoms with Crippen molar-refractivity contribution in [1.82, 2.24) is 0 Å². The molecule has 1 rings (SSSR count). The number of para-hydroxylation sites is 2. The van der Waals surface area contributed by atoms with Crippen molar-refractivity contribution in [3.05, 3.63) is 36.9 Å². The molecule has 0 heterocycles. The Kier molecular flexibility index (Phi) is 5.38. The molecule has 0 saturated heterocycles. The zero-order valence-corrected chi connectivity index (χ0v) is 9.11. The summed E-state index contributed by atoms with van der Waals surface area (Å²) in [5, 5.41) is 0. The van der Waals surface area contributed by atoms with Gasteiger partial charge in [0.2, 0.25) is 0 Å². The van der Waals surface area contributed by atoms with Crippen LogP contribution in [0.3, 0.4) is 0 Å². The van der Waals surface area contributed by atoms with Gasteiger partial charge in [-0.15, -0.1) is 6.58 Å². The number of anilines is 1. The summed E-state index contributed by atoms with van der Waals surface area (Å²) in [5.74, 6) is 0.793. The van der Waals surface area contributed by atoms with Gasteiger partial charge in [0.25, 0.3) is 0 Å². The Balaban J connectivity index is 2.15. The molecule has 0 spiro atoms. The number of rotatable bonds is 7. The van der Waals surface area contributed by atoms with E-state index in [2.05, 4.69) is 6.58 Å². The zero-order valence-electron chi connectivity index (χ0n) is 9.11. The molecule has 1 aromatic rings. The predicted octanol–water partition coefficient (Wildman–Crippen LogP) is 3.39. The molecule has 0 aliphatic heterocycles. The van der Waals surface area contributed by atoms with E-state index in [1.54, 1.807) is 0 Å². The number of hydrogen-bond donors (Lipinski definition) is 1. The molecule has 2 nitrogen and oxygen atoms in total. The quantitative estimate of drug-likeness (QED) is 0.420. The third-order valence-corrected chi connectivity index (χ3v) is 2.23. The summed E-state index contributed by atoms with van der Waals surface area (Å²) < 4.78 is 5.57. The van der Waals surface area contributed by atoms with E-state index < -0.39 is 0 Å². The van der Waals surface area contributed by atoms with Crippen LogP contribution in [0.4, 0.5) is 5.69 Å². The Hall–Kier alpha value is -1.44. The van der Waals surface area contributed by atoms with E-state index in [0.717, 1.165) is 25.2 Å². The first kappa shape index (κ1) is 11.6. The van der Waals surface area contributed by atoms with Crippen molar-refractivity contribution in [2.75, 3.05) is 12.3 Å². The van der Waals surface area contributed by atoms with Crippen LogP contribution in [0, 0.1) is 0 Å². The normalized spacial score (nSPS) is 9.87. The van der Waals surface area contributed by atoms with Gasteiger partial charge < -0.3 is 10.5 Å². The maximum atomic E-state index is 5.74. The molecule has 0 unspecified atom stereocenters. The lowest BCUT2D eigenvalue weighted by Gasteiger charge is -2.07. The highest BCUT2D eigenvalue weighted by atomic mass is 16.5. The summed E-state index contributed by atoms with van der Waals surface area (Å²) in [7, 11) is 0. The van der Waals surface area contributed by atoms with E-state index in [1.807, 2.05) is 30.3 Å². The standard InChI is InChI=1S/C13H19NO/c1-2-3-4-5-8-11-15-13-10-7-6-9-12(13)14/h2,6-7,9-10H,1,3-5,8,11,14H2. The lowest BCUT2D eigenvalue weighted by Crippen LogP contribution is -1.99. The summed E-state index contributed by atoms with van der Waals surface area (Å²) in [6.45, 7) is 4.43. The second-order valence-corrected chi connectivity index (χ2v) is 3.52. The average molecular weight is 205 g/mol. The van der Waals surface area contributed by atoms with Gasteiger partial charge in [-0.05, 0) is 37.8 Å². The number of allylic oxidation sites excluding steroid dienone is 1. The summed E-state index contributed by atoms with van der Waals surface area (Å²) in [6, 6.07) is 7.60. The van der Waals surface area contributed by atoms with Crippen LogP contribution in [-0.4, -0.2) is 6.61 Å².